The zero-order valence-electron chi connectivity index (χ0n) is 14.5. The molecule has 0 aliphatic rings. The Morgan fingerprint density at radius 1 is 1.12 bits per heavy atom. The number of carbonyl (C=O) groups is 1. The smallest absolute Gasteiger partial charge is 0.248 e. The van der Waals surface area contributed by atoms with E-state index in [1.54, 1.807) is 12.1 Å². The summed E-state index contributed by atoms with van der Waals surface area (Å²) in [6, 6.07) is 14.8. The third-order valence-corrected chi connectivity index (χ3v) is 4.03. The lowest BCUT2D eigenvalue weighted by molar-refractivity contribution is -0.111. The van der Waals surface area contributed by atoms with Crippen molar-refractivity contribution in [3.8, 4) is 5.75 Å². The summed E-state index contributed by atoms with van der Waals surface area (Å²) < 4.78 is 5.73. The monoisotopic (exact) mass is 357 g/mol. The summed E-state index contributed by atoms with van der Waals surface area (Å²) in [7, 11) is 0. The average Bonchev–Trinajstić information content (AvgIpc) is 2.61. The first-order valence-electron chi connectivity index (χ1n) is 8.65. The number of rotatable bonds is 9. The Labute approximate surface area is 154 Å². The zero-order chi connectivity index (χ0) is 17.9. The molecule has 2 aromatic rings. The maximum Gasteiger partial charge on any atom is 0.248 e. The minimum atomic E-state index is -0.208. The molecule has 0 aromatic heterocycles. The highest BCUT2D eigenvalue weighted by molar-refractivity contribution is 6.32. The van der Waals surface area contributed by atoms with E-state index in [1.807, 2.05) is 42.5 Å². The standard InChI is InChI=1S/C21H24ClNO2/c1-2-3-4-7-15-25-19-11-8-10-18(16-19)23-21(24)14-13-17-9-5-6-12-20(17)22/h5-6,8-14,16H,2-4,7,15H2,1H3,(H,23,24)/b14-13+. The molecule has 0 atom stereocenters. The van der Waals surface area contributed by atoms with Crippen LogP contribution in [0.1, 0.15) is 38.2 Å². The molecule has 2 aromatic carbocycles. The van der Waals surface area contributed by atoms with E-state index < -0.39 is 0 Å². The number of hydrogen-bond acceptors (Lipinski definition) is 2. The van der Waals surface area contributed by atoms with Gasteiger partial charge in [0.25, 0.3) is 0 Å². The van der Waals surface area contributed by atoms with Crippen LogP contribution < -0.4 is 10.1 Å². The van der Waals surface area contributed by atoms with E-state index in [2.05, 4.69) is 12.2 Å². The van der Waals surface area contributed by atoms with Crippen molar-refractivity contribution in [1.82, 2.24) is 0 Å². The summed E-state index contributed by atoms with van der Waals surface area (Å²) in [6.45, 7) is 2.89. The van der Waals surface area contributed by atoms with Crippen molar-refractivity contribution in [3.63, 3.8) is 0 Å². The Kier molecular flexibility index (Phi) is 8.06. The lowest BCUT2D eigenvalue weighted by atomic mass is 10.2. The quantitative estimate of drug-likeness (QED) is 0.444. The van der Waals surface area contributed by atoms with Gasteiger partial charge in [0.1, 0.15) is 5.75 Å². The molecule has 1 N–H and O–H groups in total. The minimum Gasteiger partial charge on any atom is -0.494 e. The van der Waals surface area contributed by atoms with Gasteiger partial charge in [0.15, 0.2) is 0 Å². The third kappa shape index (κ3) is 7.02. The van der Waals surface area contributed by atoms with Gasteiger partial charge in [0.2, 0.25) is 5.91 Å². The molecule has 25 heavy (non-hydrogen) atoms. The van der Waals surface area contributed by atoms with Crippen LogP contribution in [0.5, 0.6) is 5.75 Å². The van der Waals surface area contributed by atoms with Crippen LogP contribution in [-0.4, -0.2) is 12.5 Å². The molecular formula is C21H24ClNO2. The predicted molar refractivity (Wildman–Crippen MR) is 105 cm³/mol. The number of ether oxygens (including phenoxy) is 1. The summed E-state index contributed by atoms with van der Waals surface area (Å²) in [5.41, 5.74) is 1.52. The molecule has 0 spiro atoms. The number of halogens is 1. The van der Waals surface area contributed by atoms with E-state index >= 15 is 0 Å². The van der Waals surface area contributed by atoms with Gasteiger partial charge >= 0.3 is 0 Å². The van der Waals surface area contributed by atoms with E-state index in [-0.39, 0.29) is 5.91 Å². The second-order valence-corrected chi connectivity index (χ2v) is 6.19. The number of hydrogen-bond donors (Lipinski definition) is 1. The molecule has 0 saturated carbocycles. The number of benzene rings is 2. The van der Waals surface area contributed by atoms with E-state index in [1.165, 1.54) is 25.3 Å². The second-order valence-electron chi connectivity index (χ2n) is 5.78. The van der Waals surface area contributed by atoms with Gasteiger partial charge in [-0.3, -0.25) is 4.79 Å². The molecule has 0 fully saturated rings. The summed E-state index contributed by atoms with van der Waals surface area (Å²) in [4.78, 5) is 12.1. The van der Waals surface area contributed by atoms with Crippen LogP contribution in [0.15, 0.2) is 54.6 Å². The highest BCUT2D eigenvalue weighted by Crippen LogP contribution is 2.19. The fraction of sp³-hybridized carbons (Fsp3) is 0.286. The lowest BCUT2D eigenvalue weighted by Gasteiger charge is -2.08. The van der Waals surface area contributed by atoms with Gasteiger partial charge in [0, 0.05) is 22.9 Å². The molecule has 0 saturated heterocycles. The number of carbonyl (C=O) groups excluding carboxylic acids is 1. The van der Waals surface area contributed by atoms with Gasteiger partial charge < -0.3 is 10.1 Å². The highest BCUT2D eigenvalue weighted by Gasteiger charge is 2.01. The normalized spacial score (nSPS) is 10.8. The lowest BCUT2D eigenvalue weighted by Crippen LogP contribution is -2.08. The Bertz CT molecular complexity index is 713. The molecular weight excluding hydrogens is 334 g/mol. The fourth-order valence-electron chi connectivity index (χ4n) is 2.34. The summed E-state index contributed by atoms with van der Waals surface area (Å²) >= 11 is 6.07. The van der Waals surface area contributed by atoms with E-state index in [9.17, 15) is 4.79 Å². The molecule has 0 radical (unpaired) electrons. The molecule has 0 aliphatic heterocycles. The molecule has 0 aliphatic carbocycles. The van der Waals surface area contributed by atoms with Crippen molar-refractivity contribution in [2.75, 3.05) is 11.9 Å². The first kappa shape index (κ1) is 19.1. The average molecular weight is 358 g/mol. The van der Waals surface area contributed by atoms with Crippen LogP contribution in [0, 0.1) is 0 Å². The predicted octanol–water partition coefficient (Wildman–Crippen LogP) is 5.95. The largest absolute Gasteiger partial charge is 0.494 e. The molecule has 1 amide bonds. The number of anilines is 1. The zero-order valence-corrected chi connectivity index (χ0v) is 15.3. The van der Waals surface area contributed by atoms with Crippen LogP contribution in [-0.2, 0) is 4.79 Å². The van der Waals surface area contributed by atoms with Crippen molar-refractivity contribution in [2.24, 2.45) is 0 Å². The topological polar surface area (TPSA) is 38.3 Å². The minimum absolute atomic E-state index is 0.208. The Balaban J connectivity index is 1.86. The molecule has 4 heteroatoms. The van der Waals surface area contributed by atoms with Gasteiger partial charge in [0.05, 0.1) is 6.61 Å². The van der Waals surface area contributed by atoms with Crippen molar-refractivity contribution in [3.05, 3.63) is 65.2 Å². The van der Waals surface area contributed by atoms with Gasteiger partial charge in [-0.25, -0.2) is 0 Å². The van der Waals surface area contributed by atoms with Crippen LogP contribution in [0.4, 0.5) is 5.69 Å². The Morgan fingerprint density at radius 2 is 1.96 bits per heavy atom. The van der Waals surface area contributed by atoms with Crippen molar-refractivity contribution in [1.29, 1.82) is 0 Å². The maximum absolute atomic E-state index is 12.1. The molecule has 0 heterocycles. The third-order valence-electron chi connectivity index (χ3n) is 3.69. The van der Waals surface area contributed by atoms with Crippen LogP contribution >= 0.6 is 11.6 Å². The number of nitrogens with one attached hydrogen (secondary N) is 1. The second kappa shape index (κ2) is 10.6. The summed E-state index contributed by atoms with van der Waals surface area (Å²) in [5, 5.41) is 3.45. The van der Waals surface area contributed by atoms with Crippen LogP contribution in [0.2, 0.25) is 5.02 Å². The van der Waals surface area contributed by atoms with Gasteiger partial charge in [-0.2, -0.15) is 0 Å². The van der Waals surface area contributed by atoms with Crippen LogP contribution in [0.3, 0.4) is 0 Å². The summed E-state index contributed by atoms with van der Waals surface area (Å²) in [5.74, 6) is 0.560. The Morgan fingerprint density at radius 3 is 2.76 bits per heavy atom. The fourth-order valence-corrected chi connectivity index (χ4v) is 2.54. The molecule has 132 valence electrons. The van der Waals surface area contributed by atoms with Crippen molar-refractivity contribution < 1.29 is 9.53 Å². The first-order valence-corrected chi connectivity index (χ1v) is 9.03. The van der Waals surface area contributed by atoms with Crippen molar-refractivity contribution in [2.45, 2.75) is 32.6 Å². The highest BCUT2D eigenvalue weighted by atomic mass is 35.5. The number of unbranched alkanes of at least 4 members (excludes halogenated alkanes) is 3. The first-order chi connectivity index (χ1) is 12.2. The molecule has 3 nitrogen and oxygen atoms in total. The van der Waals surface area contributed by atoms with Crippen molar-refractivity contribution >= 4 is 29.3 Å². The molecule has 0 unspecified atom stereocenters. The van der Waals surface area contributed by atoms with E-state index in [0.717, 1.165) is 17.7 Å². The van der Waals surface area contributed by atoms with E-state index in [4.69, 9.17) is 16.3 Å². The summed E-state index contributed by atoms with van der Waals surface area (Å²) in [6.07, 6.45) is 7.84. The van der Waals surface area contributed by atoms with Gasteiger partial charge in [-0.05, 0) is 36.3 Å². The van der Waals surface area contributed by atoms with E-state index in [0.29, 0.717) is 17.3 Å². The number of amides is 1. The molecule has 2 rings (SSSR count). The maximum atomic E-state index is 12.1. The molecule has 0 bridgehead atoms. The van der Waals surface area contributed by atoms with Crippen LogP contribution in [0.25, 0.3) is 6.08 Å². The van der Waals surface area contributed by atoms with Gasteiger partial charge in [-0.1, -0.05) is 62.1 Å². The SMILES string of the molecule is CCCCCCOc1cccc(NC(=O)/C=C/c2ccccc2Cl)c1. The Hall–Kier alpha value is -2.26. The van der Waals surface area contributed by atoms with Gasteiger partial charge in [-0.15, -0.1) is 0 Å².